The summed E-state index contributed by atoms with van der Waals surface area (Å²) in [5.74, 6) is -0.648. The van der Waals surface area contributed by atoms with Crippen LogP contribution in [0.2, 0.25) is 5.02 Å². The molecule has 1 N–H and O–H groups in total. The number of halogens is 1. The van der Waals surface area contributed by atoms with Crippen molar-refractivity contribution >= 4 is 39.1 Å². The molecule has 220 valence electrons. The first-order chi connectivity index (χ1) is 19.3. The van der Waals surface area contributed by atoms with E-state index in [0.717, 1.165) is 15.4 Å². The second-order valence-corrected chi connectivity index (χ2v) is 13.1. The van der Waals surface area contributed by atoms with Gasteiger partial charge in [-0.2, -0.15) is 0 Å². The predicted octanol–water partition coefficient (Wildman–Crippen LogP) is 5.57. The monoisotopic (exact) mass is 599 g/mol. The number of hydrogen-bond donors (Lipinski definition) is 1. The molecule has 0 radical (unpaired) electrons. The molecule has 3 rings (SSSR count). The lowest BCUT2D eigenvalue weighted by molar-refractivity contribution is -0.141. The quantitative estimate of drug-likeness (QED) is 0.311. The van der Waals surface area contributed by atoms with Gasteiger partial charge in [-0.15, -0.1) is 0 Å². The first-order valence-corrected chi connectivity index (χ1v) is 15.2. The van der Waals surface area contributed by atoms with Crippen molar-refractivity contribution in [1.29, 1.82) is 0 Å². The minimum absolute atomic E-state index is 0.00468. The molecule has 8 nitrogen and oxygen atoms in total. The van der Waals surface area contributed by atoms with Crippen LogP contribution >= 0.6 is 11.6 Å². The molecular weight excluding hydrogens is 562 g/mol. The number of carbonyl (C=O) groups excluding carboxylic acids is 2. The summed E-state index contributed by atoms with van der Waals surface area (Å²) in [6.45, 7) is 8.79. The van der Waals surface area contributed by atoms with Crippen LogP contribution in [0.15, 0.2) is 77.7 Å². The number of nitrogens with one attached hydrogen (secondary N) is 1. The van der Waals surface area contributed by atoms with Gasteiger partial charge in [0.25, 0.3) is 10.0 Å². The Morgan fingerprint density at radius 3 is 2.20 bits per heavy atom. The average molecular weight is 600 g/mol. The van der Waals surface area contributed by atoms with E-state index in [0.29, 0.717) is 6.42 Å². The van der Waals surface area contributed by atoms with E-state index < -0.39 is 34.1 Å². The number of sulfonamides is 1. The van der Waals surface area contributed by atoms with Crippen LogP contribution in [0.3, 0.4) is 0 Å². The lowest BCUT2D eigenvalue weighted by Gasteiger charge is -2.35. The van der Waals surface area contributed by atoms with Gasteiger partial charge in [-0.3, -0.25) is 13.9 Å². The molecule has 1 atom stereocenters. The van der Waals surface area contributed by atoms with E-state index in [-0.39, 0.29) is 33.8 Å². The second kappa shape index (κ2) is 13.4. The van der Waals surface area contributed by atoms with Crippen LogP contribution in [0.5, 0.6) is 5.75 Å². The third kappa shape index (κ3) is 8.24. The summed E-state index contributed by atoms with van der Waals surface area (Å²) >= 11 is 6.29. The van der Waals surface area contributed by atoms with Crippen LogP contribution in [0.25, 0.3) is 0 Å². The Kier molecular flexibility index (Phi) is 10.4. The summed E-state index contributed by atoms with van der Waals surface area (Å²) in [4.78, 5) is 29.0. The number of methoxy groups -OCH3 is 1. The summed E-state index contributed by atoms with van der Waals surface area (Å²) in [7, 11) is -2.84. The molecule has 0 bridgehead atoms. The number of nitrogens with zero attached hydrogens (tertiary/aromatic N) is 2. The zero-order valence-electron chi connectivity index (χ0n) is 24.3. The van der Waals surface area contributed by atoms with Crippen molar-refractivity contribution in [3.8, 4) is 5.75 Å². The summed E-state index contributed by atoms with van der Waals surface area (Å²) in [5.41, 5.74) is 1.27. The molecular formula is C31H38ClN3O5S. The van der Waals surface area contributed by atoms with Gasteiger partial charge in [0, 0.05) is 17.1 Å². The molecule has 0 heterocycles. The SMILES string of the molecule is CC[C@H](C(=O)NC(C)(C)C)N(Cc1ccccc1)C(=O)CN(c1cc(Cl)ccc1OC)S(=O)(=O)c1ccc(C)cc1. The predicted molar refractivity (Wildman–Crippen MR) is 163 cm³/mol. The topological polar surface area (TPSA) is 96.0 Å². The molecule has 41 heavy (non-hydrogen) atoms. The van der Waals surface area contributed by atoms with Gasteiger partial charge in [0.15, 0.2) is 0 Å². The van der Waals surface area contributed by atoms with Crippen molar-refractivity contribution < 1.29 is 22.7 Å². The highest BCUT2D eigenvalue weighted by molar-refractivity contribution is 7.92. The van der Waals surface area contributed by atoms with E-state index in [1.165, 1.54) is 30.2 Å². The number of hydrogen-bond acceptors (Lipinski definition) is 5. The Morgan fingerprint density at radius 1 is 1.00 bits per heavy atom. The van der Waals surface area contributed by atoms with Crippen molar-refractivity contribution in [3.05, 3.63) is 88.9 Å². The zero-order valence-corrected chi connectivity index (χ0v) is 25.9. The van der Waals surface area contributed by atoms with Crippen LogP contribution in [0.1, 0.15) is 45.2 Å². The van der Waals surface area contributed by atoms with Gasteiger partial charge in [-0.05, 0) is 70.0 Å². The van der Waals surface area contributed by atoms with Gasteiger partial charge in [0.05, 0.1) is 17.7 Å². The number of anilines is 1. The minimum Gasteiger partial charge on any atom is -0.495 e. The third-order valence-corrected chi connectivity index (χ3v) is 8.39. The van der Waals surface area contributed by atoms with Crippen LogP contribution in [-0.2, 0) is 26.2 Å². The molecule has 0 spiro atoms. The van der Waals surface area contributed by atoms with E-state index >= 15 is 0 Å². The van der Waals surface area contributed by atoms with Crippen LogP contribution < -0.4 is 14.4 Å². The number of amides is 2. The lowest BCUT2D eigenvalue weighted by Crippen LogP contribution is -2.55. The molecule has 0 aliphatic carbocycles. The van der Waals surface area contributed by atoms with Crippen LogP contribution in [0, 0.1) is 6.92 Å². The van der Waals surface area contributed by atoms with Gasteiger partial charge in [-0.1, -0.05) is 66.6 Å². The van der Waals surface area contributed by atoms with Crippen LogP contribution in [0.4, 0.5) is 5.69 Å². The molecule has 0 fully saturated rings. The Hall–Kier alpha value is -3.56. The van der Waals surface area contributed by atoms with E-state index in [1.54, 1.807) is 24.3 Å². The number of ether oxygens (including phenoxy) is 1. The molecule has 0 unspecified atom stereocenters. The van der Waals surface area contributed by atoms with Gasteiger partial charge in [-0.25, -0.2) is 8.42 Å². The maximum atomic E-state index is 14.2. The molecule has 0 aliphatic heterocycles. The Balaban J connectivity index is 2.13. The van der Waals surface area contributed by atoms with Crippen molar-refractivity contribution in [1.82, 2.24) is 10.2 Å². The number of benzene rings is 3. The number of aryl methyl sites for hydroxylation is 1. The normalized spacial score (nSPS) is 12.4. The van der Waals surface area contributed by atoms with Gasteiger partial charge in [0.1, 0.15) is 18.3 Å². The minimum atomic E-state index is -4.26. The first kappa shape index (κ1) is 32.0. The van der Waals surface area contributed by atoms with Crippen molar-refractivity contribution in [2.45, 2.75) is 64.1 Å². The molecule has 0 saturated carbocycles. The van der Waals surface area contributed by atoms with E-state index in [9.17, 15) is 18.0 Å². The van der Waals surface area contributed by atoms with Gasteiger partial charge >= 0.3 is 0 Å². The number of rotatable bonds is 11. The average Bonchev–Trinajstić information content (AvgIpc) is 2.91. The summed E-state index contributed by atoms with van der Waals surface area (Å²) in [6.07, 6.45) is 0.325. The molecule has 10 heteroatoms. The standard InChI is InChI=1S/C31H38ClN3O5S/c1-7-26(30(37)33-31(3,4)5)34(20-23-11-9-8-10-12-23)29(36)21-35(27-19-24(32)15-18-28(27)40-6)41(38,39)25-16-13-22(2)14-17-25/h8-19,26H,7,20-21H2,1-6H3,(H,33,37)/t26-/m1/s1. The number of carbonyl (C=O) groups is 2. The molecule has 0 aromatic heterocycles. The van der Waals surface area contributed by atoms with Gasteiger partial charge in [0.2, 0.25) is 11.8 Å². The fraction of sp³-hybridized carbons (Fsp3) is 0.355. The first-order valence-electron chi connectivity index (χ1n) is 13.3. The lowest BCUT2D eigenvalue weighted by atomic mass is 10.1. The maximum Gasteiger partial charge on any atom is 0.264 e. The van der Waals surface area contributed by atoms with Crippen molar-refractivity contribution in [2.75, 3.05) is 18.0 Å². The van der Waals surface area contributed by atoms with E-state index in [4.69, 9.17) is 16.3 Å². The Bertz CT molecular complexity index is 1460. The van der Waals surface area contributed by atoms with Gasteiger partial charge < -0.3 is 15.0 Å². The summed E-state index contributed by atoms with van der Waals surface area (Å²) in [6, 6.07) is 19.4. The largest absolute Gasteiger partial charge is 0.495 e. The Labute approximate surface area is 248 Å². The van der Waals surface area contributed by atoms with Crippen LogP contribution in [-0.4, -0.2) is 50.4 Å². The van der Waals surface area contributed by atoms with E-state index in [1.807, 2.05) is 65.0 Å². The second-order valence-electron chi connectivity index (χ2n) is 10.8. The summed E-state index contributed by atoms with van der Waals surface area (Å²) < 4.78 is 34.6. The fourth-order valence-corrected chi connectivity index (χ4v) is 5.94. The third-order valence-electron chi connectivity index (χ3n) is 6.38. The van der Waals surface area contributed by atoms with Crippen molar-refractivity contribution in [2.24, 2.45) is 0 Å². The Morgan fingerprint density at radius 2 is 1.63 bits per heavy atom. The van der Waals surface area contributed by atoms with Crippen molar-refractivity contribution in [3.63, 3.8) is 0 Å². The molecule has 3 aromatic rings. The highest BCUT2D eigenvalue weighted by Crippen LogP contribution is 2.35. The highest BCUT2D eigenvalue weighted by atomic mass is 35.5. The molecule has 3 aromatic carbocycles. The zero-order chi connectivity index (χ0) is 30.4. The fourth-order valence-electron chi connectivity index (χ4n) is 4.36. The summed E-state index contributed by atoms with van der Waals surface area (Å²) in [5, 5.41) is 3.23. The van der Waals surface area contributed by atoms with E-state index in [2.05, 4.69) is 5.32 Å². The smallest absolute Gasteiger partial charge is 0.264 e. The maximum absolute atomic E-state index is 14.2. The molecule has 0 saturated heterocycles. The molecule has 2 amide bonds. The highest BCUT2D eigenvalue weighted by Gasteiger charge is 2.35. The molecule has 0 aliphatic rings.